The lowest BCUT2D eigenvalue weighted by molar-refractivity contribution is -0.157. The third-order valence-electron chi connectivity index (χ3n) is 2.09. The molecule has 8 heteroatoms. The van der Waals surface area contributed by atoms with Gasteiger partial charge in [-0.05, 0) is 20.8 Å². The van der Waals surface area contributed by atoms with Crippen molar-refractivity contribution >= 4 is 23.9 Å². The lowest BCUT2D eigenvalue weighted by Gasteiger charge is -2.19. The first-order chi connectivity index (χ1) is 8.69. The number of nitrogens with zero attached hydrogens (tertiary/aromatic N) is 1. The Morgan fingerprint density at radius 3 is 2.21 bits per heavy atom. The van der Waals surface area contributed by atoms with Crippen molar-refractivity contribution < 1.29 is 28.8 Å². The number of ether oxygens (including phenoxy) is 1. The molecule has 1 heterocycles. The fourth-order valence-corrected chi connectivity index (χ4v) is 1.36. The number of nitrogens with one attached hydrogen (secondary N) is 1. The molecule has 106 valence electrons. The number of hydrogen-bond donors (Lipinski definition) is 1. The molecule has 1 fully saturated rings. The van der Waals surface area contributed by atoms with E-state index in [0.717, 1.165) is 4.90 Å². The number of imide groups is 1. The predicted octanol–water partition coefficient (Wildman–Crippen LogP) is 0.118. The summed E-state index contributed by atoms with van der Waals surface area (Å²) in [6, 6.07) is 0. The fraction of sp³-hybridized carbons (Fsp3) is 0.636. The van der Waals surface area contributed by atoms with Crippen LogP contribution in [0.4, 0.5) is 4.79 Å². The summed E-state index contributed by atoms with van der Waals surface area (Å²) in [4.78, 5) is 50.1. The number of hydrogen-bond acceptors (Lipinski definition) is 6. The van der Waals surface area contributed by atoms with Gasteiger partial charge in [0.1, 0.15) is 12.1 Å². The maximum absolute atomic E-state index is 11.3. The van der Waals surface area contributed by atoms with Gasteiger partial charge in [-0.3, -0.25) is 14.5 Å². The van der Waals surface area contributed by atoms with Crippen LogP contribution in [0.3, 0.4) is 0 Å². The second kappa shape index (κ2) is 5.68. The number of hydroxylamine groups is 1. The molecule has 0 aromatic rings. The first kappa shape index (κ1) is 14.9. The highest BCUT2D eigenvalue weighted by atomic mass is 16.7. The van der Waals surface area contributed by atoms with Gasteiger partial charge >= 0.3 is 12.1 Å². The van der Waals surface area contributed by atoms with E-state index in [1.807, 2.05) is 0 Å². The molecule has 0 bridgehead atoms. The van der Waals surface area contributed by atoms with Crippen molar-refractivity contribution in [3.63, 3.8) is 0 Å². The van der Waals surface area contributed by atoms with Crippen LogP contribution >= 0.6 is 0 Å². The van der Waals surface area contributed by atoms with Gasteiger partial charge in [0, 0.05) is 12.8 Å². The molecule has 1 aliphatic rings. The van der Waals surface area contributed by atoms with Gasteiger partial charge in [0.15, 0.2) is 0 Å². The Bertz CT molecular complexity index is 396. The molecule has 0 aromatic carbocycles. The molecule has 1 rings (SSSR count). The number of rotatable bonds is 2. The fourth-order valence-electron chi connectivity index (χ4n) is 1.36. The van der Waals surface area contributed by atoms with Crippen LogP contribution in [0.2, 0.25) is 0 Å². The zero-order valence-electron chi connectivity index (χ0n) is 11.0. The van der Waals surface area contributed by atoms with Gasteiger partial charge in [0.2, 0.25) is 11.8 Å². The van der Waals surface area contributed by atoms with E-state index < -0.39 is 36.0 Å². The van der Waals surface area contributed by atoms with Crippen molar-refractivity contribution in [2.75, 3.05) is 6.54 Å². The standard InChI is InChI=1S/C11H16N2O6/c1-11(2,3)18-10(17)12-19-9(16)6-13-7(14)4-5-8(13)15/h4-6H2,1-3H3,(H,12,17). The van der Waals surface area contributed by atoms with E-state index in [1.54, 1.807) is 26.3 Å². The van der Waals surface area contributed by atoms with E-state index in [4.69, 9.17) is 4.74 Å². The van der Waals surface area contributed by atoms with Crippen LogP contribution in [0.5, 0.6) is 0 Å². The average molecular weight is 272 g/mol. The van der Waals surface area contributed by atoms with Gasteiger partial charge in [-0.2, -0.15) is 0 Å². The Hall–Kier alpha value is -2.12. The lowest BCUT2D eigenvalue weighted by atomic mass is 10.2. The van der Waals surface area contributed by atoms with E-state index in [1.165, 1.54) is 0 Å². The summed E-state index contributed by atoms with van der Waals surface area (Å²) in [5.74, 6) is -1.78. The minimum Gasteiger partial charge on any atom is -0.442 e. The van der Waals surface area contributed by atoms with Crippen molar-refractivity contribution in [2.24, 2.45) is 0 Å². The van der Waals surface area contributed by atoms with Gasteiger partial charge in [0.25, 0.3) is 0 Å². The Morgan fingerprint density at radius 2 is 1.74 bits per heavy atom. The smallest absolute Gasteiger partial charge is 0.441 e. The first-order valence-electron chi connectivity index (χ1n) is 5.71. The third kappa shape index (κ3) is 4.94. The summed E-state index contributed by atoms with van der Waals surface area (Å²) < 4.78 is 4.83. The molecule has 3 amide bonds. The third-order valence-corrected chi connectivity index (χ3v) is 2.09. The van der Waals surface area contributed by atoms with Gasteiger partial charge in [-0.15, -0.1) is 5.48 Å². The molecule has 1 saturated heterocycles. The molecule has 0 unspecified atom stereocenters. The summed E-state index contributed by atoms with van der Waals surface area (Å²) in [5, 5.41) is 0. The average Bonchev–Trinajstić information content (AvgIpc) is 2.56. The minimum atomic E-state index is -0.931. The Labute approximate surface area is 110 Å². The lowest BCUT2D eigenvalue weighted by Crippen LogP contribution is -2.39. The monoisotopic (exact) mass is 272 g/mol. The zero-order valence-corrected chi connectivity index (χ0v) is 11.0. The summed E-state index contributed by atoms with van der Waals surface area (Å²) in [6.45, 7) is 4.43. The van der Waals surface area contributed by atoms with Gasteiger partial charge < -0.3 is 9.57 Å². The van der Waals surface area contributed by atoms with Crippen LogP contribution in [-0.4, -0.2) is 40.9 Å². The van der Waals surface area contributed by atoms with Crippen LogP contribution < -0.4 is 5.48 Å². The molecule has 0 aromatic heterocycles. The Balaban J connectivity index is 2.34. The van der Waals surface area contributed by atoms with Crippen LogP contribution in [0, 0.1) is 0 Å². The number of likely N-dealkylation sites (tertiary alicyclic amines) is 1. The number of carbonyl (C=O) groups is 4. The maximum atomic E-state index is 11.3. The van der Waals surface area contributed by atoms with Crippen LogP contribution in [-0.2, 0) is 24.0 Å². The quantitative estimate of drug-likeness (QED) is 0.565. The predicted molar refractivity (Wildman–Crippen MR) is 61.4 cm³/mol. The molecular formula is C11H16N2O6. The molecule has 1 N–H and O–H groups in total. The van der Waals surface area contributed by atoms with Crippen LogP contribution in [0.15, 0.2) is 0 Å². The largest absolute Gasteiger partial charge is 0.442 e. The molecule has 19 heavy (non-hydrogen) atoms. The molecular weight excluding hydrogens is 256 g/mol. The second-order valence-corrected chi connectivity index (χ2v) is 4.95. The zero-order chi connectivity index (χ0) is 14.6. The van der Waals surface area contributed by atoms with Crippen molar-refractivity contribution in [1.29, 1.82) is 0 Å². The van der Waals surface area contributed by atoms with E-state index in [-0.39, 0.29) is 12.8 Å². The highest BCUT2D eigenvalue weighted by Crippen LogP contribution is 2.11. The summed E-state index contributed by atoms with van der Waals surface area (Å²) in [7, 11) is 0. The molecule has 0 radical (unpaired) electrons. The van der Waals surface area contributed by atoms with Crippen molar-refractivity contribution in [3.8, 4) is 0 Å². The van der Waals surface area contributed by atoms with Gasteiger partial charge in [-0.1, -0.05) is 0 Å². The SMILES string of the molecule is CC(C)(C)OC(=O)NOC(=O)CN1C(=O)CCC1=O. The Kier molecular flexibility index (Phi) is 4.47. The minimum absolute atomic E-state index is 0.0889. The normalized spacial score (nSPS) is 15.4. The summed E-state index contributed by atoms with van der Waals surface area (Å²) in [6.07, 6.45) is -0.753. The molecule has 0 atom stereocenters. The van der Waals surface area contributed by atoms with Gasteiger partial charge in [-0.25, -0.2) is 9.59 Å². The first-order valence-corrected chi connectivity index (χ1v) is 5.71. The van der Waals surface area contributed by atoms with Gasteiger partial charge in [0.05, 0.1) is 0 Å². The van der Waals surface area contributed by atoms with E-state index in [0.29, 0.717) is 0 Å². The molecule has 0 spiro atoms. The summed E-state index contributed by atoms with van der Waals surface area (Å²) in [5.41, 5.74) is 1.06. The molecule has 0 saturated carbocycles. The highest BCUT2D eigenvalue weighted by molar-refractivity contribution is 6.04. The Morgan fingerprint density at radius 1 is 1.21 bits per heavy atom. The topological polar surface area (TPSA) is 102 Å². The van der Waals surface area contributed by atoms with Crippen molar-refractivity contribution in [2.45, 2.75) is 39.2 Å². The van der Waals surface area contributed by atoms with E-state index in [9.17, 15) is 19.2 Å². The second-order valence-electron chi connectivity index (χ2n) is 4.95. The van der Waals surface area contributed by atoms with Crippen LogP contribution in [0.25, 0.3) is 0 Å². The summed E-state index contributed by atoms with van der Waals surface area (Å²) >= 11 is 0. The molecule has 0 aliphatic carbocycles. The van der Waals surface area contributed by atoms with Crippen molar-refractivity contribution in [3.05, 3.63) is 0 Å². The number of carbonyl (C=O) groups excluding carboxylic acids is 4. The van der Waals surface area contributed by atoms with E-state index in [2.05, 4.69) is 4.84 Å². The number of amides is 3. The molecule has 8 nitrogen and oxygen atoms in total. The van der Waals surface area contributed by atoms with Crippen LogP contribution in [0.1, 0.15) is 33.6 Å². The maximum Gasteiger partial charge on any atom is 0.441 e. The highest BCUT2D eigenvalue weighted by Gasteiger charge is 2.31. The molecule has 1 aliphatic heterocycles. The van der Waals surface area contributed by atoms with Crippen molar-refractivity contribution in [1.82, 2.24) is 10.4 Å². The van der Waals surface area contributed by atoms with E-state index >= 15 is 0 Å².